The minimum absolute atomic E-state index is 0.948. The van der Waals surface area contributed by atoms with Gasteiger partial charge in [-0.2, -0.15) is 0 Å². The van der Waals surface area contributed by atoms with Crippen LogP contribution in [0.1, 0.15) is 18.3 Å². The number of nitrogens with zero attached hydrogens (tertiary/aromatic N) is 1. The average Bonchev–Trinajstić information content (AvgIpc) is 2.77. The lowest BCUT2D eigenvalue weighted by molar-refractivity contribution is -0.674. The van der Waals surface area contributed by atoms with Crippen molar-refractivity contribution in [2.24, 2.45) is 0 Å². The summed E-state index contributed by atoms with van der Waals surface area (Å²) in [6, 6.07) is 19.1. The van der Waals surface area contributed by atoms with E-state index in [2.05, 4.69) is 71.1 Å². The third-order valence-corrected chi connectivity index (χ3v) is 3.33. The smallest absolute Gasteiger partial charge is 0.240 e. The van der Waals surface area contributed by atoms with Crippen LogP contribution in [0, 0.1) is 0 Å². The van der Waals surface area contributed by atoms with E-state index in [1.54, 1.807) is 0 Å². The van der Waals surface area contributed by atoms with Crippen LogP contribution in [-0.4, -0.2) is 4.98 Å². The summed E-state index contributed by atoms with van der Waals surface area (Å²) in [5.41, 5.74) is 3.84. The topological polar surface area (TPSA) is 19.7 Å². The van der Waals surface area contributed by atoms with Crippen LogP contribution >= 0.6 is 0 Å². The van der Waals surface area contributed by atoms with Gasteiger partial charge in [0, 0.05) is 0 Å². The van der Waals surface area contributed by atoms with E-state index < -0.39 is 0 Å². The molecule has 90 valence electrons. The molecule has 2 heteroatoms. The molecule has 1 heterocycles. The maximum Gasteiger partial charge on any atom is 0.259 e. The number of aromatic amines is 1. The van der Waals surface area contributed by atoms with Crippen LogP contribution < -0.4 is 4.57 Å². The Kier molecular flexibility index (Phi) is 2.85. The number of nitrogens with one attached hydrogen (secondary N) is 1. The molecular formula is C16H17N2+. The van der Waals surface area contributed by atoms with Gasteiger partial charge in [-0.1, -0.05) is 42.5 Å². The molecule has 0 spiro atoms. The third kappa shape index (κ3) is 1.90. The van der Waals surface area contributed by atoms with Gasteiger partial charge in [-0.25, -0.2) is 9.55 Å². The number of imidazole rings is 1. The first-order valence-electron chi connectivity index (χ1n) is 6.42. The lowest BCUT2D eigenvalue weighted by atomic mass is 10.1. The number of benzene rings is 2. The zero-order valence-corrected chi connectivity index (χ0v) is 10.6. The highest BCUT2D eigenvalue weighted by molar-refractivity contribution is 5.71. The first kappa shape index (κ1) is 11.0. The Morgan fingerprint density at radius 1 is 0.944 bits per heavy atom. The zero-order chi connectivity index (χ0) is 12.4. The summed E-state index contributed by atoms with van der Waals surface area (Å²) in [7, 11) is 0. The summed E-state index contributed by atoms with van der Waals surface area (Å²) in [6.07, 6.45) is 0.948. The third-order valence-electron chi connectivity index (χ3n) is 3.33. The van der Waals surface area contributed by atoms with Gasteiger partial charge in [0.15, 0.2) is 11.0 Å². The molecule has 0 saturated carbocycles. The van der Waals surface area contributed by atoms with Crippen molar-refractivity contribution in [3.05, 3.63) is 66.0 Å². The molecule has 0 aliphatic heterocycles. The number of aryl methyl sites for hydroxylation is 1. The van der Waals surface area contributed by atoms with Crippen LogP contribution in [0.4, 0.5) is 0 Å². The fraction of sp³-hybridized carbons (Fsp3) is 0.188. The Labute approximate surface area is 107 Å². The van der Waals surface area contributed by atoms with Crippen molar-refractivity contribution in [2.45, 2.75) is 19.9 Å². The van der Waals surface area contributed by atoms with Crippen molar-refractivity contribution >= 4 is 11.0 Å². The maximum atomic E-state index is 3.53. The van der Waals surface area contributed by atoms with Gasteiger partial charge in [0.05, 0.1) is 13.0 Å². The second-order valence-electron chi connectivity index (χ2n) is 4.50. The Balaban J connectivity index is 2.06. The van der Waals surface area contributed by atoms with Crippen molar-refractivity contribution in [1.82, 2.24) is 4.98 Å². The summed E-state index contributed by atoms with van der Waals surface area (Å²) >= 11 is 0. The molecule has 0 atom stereocenters. The Morgan fingerprint density at radius 3 is 2.44 bits per heavy atom. The quantitative estimate of drug-likeness (QED) is 0.675. The molecule has 0 amide bonds. The molecule has 0 unspecified atom stereocenters. The molecular weight excluding hydrogens is 220 g/mol. The van der Waals surface area contributed by atoms with Gasteiger partial charge in [-0.05, 0) is 24.6 Å². The molecule has 0 aliphatic rings. The number of hydrogen-bond donors (Lipinski definition) is 1. The van der Waals surface area contributed by atoms with Crippen LogP contribution in [0.25, 0.3) is 11.0 Å². The lowest BCUT2D eigenvalue weighted by Crippen LogP contribution is -2.35. The number of aromatic nitrogens is 2. The van der Waals surface area contributed by atoms with Gasteiger partial charge in [-0.15, -0.1) is 0 Å². The second kappa shape index (κ2) is 4.65. The predicted octanol–water partition coefficient (Wildman–Crippen LogP) is 3.07. The summed E-state index contributed by atoms with van der Waals surface area (Å²) in [5.74, 6) is 1.27. The summed E-state index contributed by atoms with van der Waals surface area (Å²) in [5, 5.41) is 0. The Hall–Kier alpha value is -2.09. The van der Waals surface area contributed by atoms with Gasteiger partial charge in [0.1, 0.15) is 0 Å². The highest BCUT2D eigenvalue weighted by Gasteiger charge is 2.16. The van der Waals surface area contributed by atoms with Gasteiger partial charge in [0.2, 0.25) is 0 Å². The maximum absolute atomic E-state index is 3.53. The molecule has 2 aromatic carbocycles. The molecule has 2 nitrogen and oxygen atoms in total. The number of hydrogen-bond acceptors (Lipinski definition) is 0. The summed E-state index contributed by atoms with van der Waals surface area (Å²) in [4.78, 5) is 3.53. The number of fused-ring (bicyclic) bond motifs is 1. The van der Waals surface area contributed by atoms with Gasteiger partial charge in [0.25, 0.3) is 5.82 Å². The number of H-pyrrole nitrogens is 1. The molecule has 0 bridgehead atoms. The highest BCUT2D eigenvalue weighted by Crippen LogP contribution is 2.12. The van der Waals surface area contributed by atoms with Crippen LogP contribution in [0.3, 0.4) is 0 Å². The van der Waals surface area contributed by atoms with E-state index in [-0.39, 0.29) is 0 Å². The molecule has 3 rings (SSSR count). The fourth-order valence-electron chi connectivity index (χ4n) is 2.47. The van der Waals surface area contributed by atoms with Crippen LogP contribution in [0.2, 0.25) is 0 Å². The van der Waals surface area contributed by atoms with Gasteiger partial charge < -0.3 is 0 Å². The van der Waals surface area contributed by atoms with Crippen molar-refractivity contribution in [3.63, 3.8) is 0 Å². The van der Waals surface area contributed by atoms with E-state index in [4.69, 9.17) is 0 Å². The van der Waals surface area contributed by atoms with Crippen molar-refractivity contribution in [3.8, 4) is 0 Å². The highest BCUT2D eigenvalue weighted by atomic mass is 15.1. The van der Waals surface area contributed by atoms with Crippen LogP contribution in [0.15, 0.2) is 54.6 Å². The molecule has 0 aliphatic carbocycles. The molecule has 1 N–H and O–H groups in total. The molecule has 0 fully saturated rings. The minimum Gasteiger partial charge on any atom is -0.240 e. The van der Waals surface area contributed by atoms with E-state index in [0.717, 1.165) is 13.0 Å². The van der Waals surface area contributed by atoms with E-state index in [0.29, 0.717) is 0 Å². The van der Waals surface area contributed by atoms with Crippen LogP contribution in [-0.2, 0) is 13.0 Å². The predicted molar refractivity (Wildman–Crippen MR) is 73.4 cm³/mol. The zero-order valence-electron chi connectivity index (χ0n) is 10.6. The van der Waals surface area contributed by atoms with E-state index >= 15 is 0 Å². The van der Waals surface area contributed by atoms with Gasteiger partial charge >= 0.3 is 0 Å². The van der Waals surface area contributed by atoms with Crippen molar-refractivity contribution in [1.29, 1.82) is 0 Å². The molecule has 0 radical (unpaired) electrons. The largest absolute Gasteiger partial charge is 0.259 e. The lowest BCUT2D eigenvalue weighted by Gasteiger charge is -1.99. The molecule has 18 heavy (non-hydrogen) atoms. The normalized spacial score (nSPS) is 10.9. The monoisotopic (exact) mass is 237 g/mol. The van der Waals surface area contributed by atoms with Crippen molar-refractivity contribution < 1.29 is 4.57 Å². The fourth-order valence-corrected chi connectivity index (χ4v) is 2.47. The van der Waals surface area contributed by atoms with E-state index in [1.165, 1.54) is 22.4 Å². The Morgan fingerprint density at radius 2 is 1.67 bits per heavy atom. The summed E-state index contributed by atoms with van der Waals surface area (Å²) < 4.78 is 2.35. The SMILES string of the molecule is CC[n+]1c(Cc2ccccc2)[nH]c2ccccc21. The summed E-state index contributed by atoms with van der Waals surface area (Å²) in [6.45, 7) is 3.18. The minimum atomic E-state index is 0.948. The number of rotatable bonds is 3. The first-order chi connectivity index (χ1) is 8.88. The van der Waals surface area contributed by atoms with E-state index in [9.17, 15) is 0 Å². The van der Waals surface area contributed by atoms with Gasteiger partial charge in [-0.3, -0.25) is 0 Å². The van der Waals surface area contributed by atoms with Crippen LogP contribution in [0.5, 0.6) is 0 Å². The van der Waals surface area contributed by atoms with Crippen molar-refractivity contribution in [2.75, 3.05) is 0 Å². The molecule has 1 aromatic heterocycles. The average molecular weight is 237 g/mol. The Bertz CT molecular complexity index is 653. The van der Waals surface area contributed by atoms with E-state index in [1.807, 2.05) is 0 Å². The first-order valence-corrected chi connectivity index (χ1v) is 6.42. The second-order valence-corrected chi connectivity index (χ2v) is 4.50. The molecule has 3 aromatic rings. The molecule has 0 saturated heterocycles. The standard InChI is InChI=1S/C16H16N2/c1-2-18-15-11-7-6-10-14(15)17-16(18)12-13-8-4-3-5-9-13/h3-11H,2,12H2,1H3/p+1. The number of para-hydroxylation sites is 2.